The van der Waals surface area contributed by atoms with Crippen molar-refractivity contribution in [2.24, 2.45) is 7.05 Å². The largest absolute Gasteiger partial charge is 0.358 e. The van der Waals surface area contributed by atoms with E-state index in [4.69, 9.17) is 4.74 Å². The van der Waals surface area contributed by atoms with E-state index in [-0.39, 0.29) is 6.10 Å². The van der Waals surface area contributed by atoms with Gasteiger partial charge in [0.05, 0.1) is 6.61 Å². The Morgan fingerprint density at radius 3 is 2.14 bits per heavy atom. The highest BCUT2D eigenvalue weighted by molar-refractivity contribution is 5.24. The fourth-order valence-corrected chi connectivity index (χ4v) is 2.54. The average Bonchev–Trinajstić information content (AvgIpc) is 2.58. The fourth-order valence-electron chi connectivity index (χ4n) is 2.54. The SMILES string of the molecule is C[n+]1ccccc1C(OCc1ccccc1)c1ccccc1. The average molecular weight is 290 g/mol. The molecule has 0 N–H and O–H groups in total. The maximum absolute atomic E-state index is 6.26. The van der Waals surface area contributed by atoms with E-state index in [9.17, 15) is 0 Å². The minimum Gasteiger partial charge on any atom is -0.358 e. The van der Waals surface area contributed by atoms with E-state index >= 15 is 0 Å². The Balaban J connectivity index is 1.89. The van der Waals surface area contributed by atoms with Crippen molar-refractivity contribution < 1.29 is 9.30 Å². The summed E-state index contributed by atoms with van der Waals surface area (Å²) in [7, 11) is 2.05. The molecule has 1 unspecified atom stereocenters. The normalized spacial score (nSPS) is 12.0. The molecule has 0 radical (unpaired) electrons. The maximum atomic E-state index is 6.26. The van der Waals surface area contributed by atoms with Crippen LogP contribution in [0.3, 0.4) is 0 Å². The molecule has 110 valence electrons. The van der Waals surface area contributed by atoms with E-state index in [2.05, 4.69) is 66.3 Å². The van der Waals surface area contributed by atoms with E-state index in [0.29, 0.717) is 6.61 Å². The summed E-state index contributed by atoms with van der Waals surface area (Å²) in [4.78, 5) is 0. The predicted octanol–water partition coefficient (Wildman–Crippen LogP) is 3.82. The maximum Gasteiger partial charge on any atom is 0.214 e. The van der Waals surface area contributed by atoms with Crippen LogP contribution in [0.4, 0.5) is 0 Å². The molecule has 0 spiro atoms. The number of ether oxygens (including phenoxy) is 1. The van der Waals surface area contributed by atoms with Gasteiger partial charge in [-0.1, -0.05) is 60.7 Å². The molecule has 0 aliphatic carbocycles. The number of benzene rings is 2. The Morgan fingerprint density at radius 1 is 0.818 bits per heavy atom. The highest BCUT2D eigenvalue weighted by Crippen LogP contribution is 2.24. The van der Waals surface area contributed by atoms with Gasteiger partial charge >= 0.3 is 0 Å². The molecule has 1 aromatic heterocycles. The van der Waals surface area contributed by atoms with E-state index in [0.717, 1.165) is 5.69 Å². The van der Waals surface area contributed by atoms with Gasteiger partial charge in [0.1, 0.15) is 7.05 Å². The number of rotatable bonds is 5. The minimum absolute atomic E-state index is 0.0763. The monoisotopic (exact) mass is 290 g/mol. The van der Waals surface area contributed by atoms with E-state index in [1.807, 2.05) is 30.3 Å². The van der Waals surface area contributed by atoms with Crippen LogP contribution >= 0.6 is 0 Å². The predicted molar refractivity (Wildman–Crippen MR) is 87.1 cm³/mol. The van der Waals surface area contributed by atoms with Crippen LogP contribution in [-0.4, -0.2) is 0 Å². The number of hydrogen-bond acceptors (Lipinski definition) is 1. The summed E-state index contributed by atoms with van der Waals surface area (Å²) in [6.07, 6.45) is 1.98. The Bertz CT molecular complexity index is 710. The van der Waals surface area contributed by atoms with E-state index in [1.165, 1.54) is 11.1 Å². The lowest BCUT2D eigenvalue weighted by Crippen LogP contribution is -2.35. The van der Waals surface area contributed by atoms with Crippen molar-refractivity contribution in [2.75, 3.05) is 0 Å². The molecule has 0 fully saturated rings. The van der Waals surface area contributed by atoms with Gasteiger partial charge in [-0.15, -0.1) is 0 Å². The molecule has 22 heavy (non-hydrogen) atoms. The molecular weight excluding hydrogens is 270 g/mol. The molecule has 0 bridgehead atoms. The third-order valence-corrected chi connectivity index (χ3v) is 3.73. The Hall–Kier alpha value is -2.45. The van der Waals surface area contributed by atoms with Crippen LogP contribution in [0.15, 0.2) is 85.1 Å². The Kier molecular flexibility index (Phi) is 4.62. The molecule has 0 aliphatic heterocycles. The van der Waals surface area contributed by atoms with Gasteiger partial charge in [-0.25, -0.2) is 4.57 Å². The molecule has 0 saturated heterocycles. The summed E-state index contributed by atoms with van der Waals surface area (Å²) >= 11 is 0. The van der Waals surface area contributed by atoms with Crippen molar-refractivity contribution >= 4 is 0 Å². The second-order valence-electron chi connectivity index (χ2n) is 5.32. The summed E-state index contributed by atoms with van der Waals surface area (Å²) in [6.45, 7) is 0.593. The van der Waals surface area contributed by atoms with Gasteiger partial charge in [-0.05, 0) is 17.2 Å². The lowest BCUT2D eigenvalue weighted by Gasteiger charge is -2.16. The van der Waals surface area contributed by atoms with Crippen molar-refractivity contribution in [2.45, 2.75) is 12.7 Å². The molecule has 2 heteroatoms. The first kappa shape index (κ1) is 14.5. The quantitative estimate of drug-likeness (QED) is 0.651. The zero-order valence-electron chi connectivity index (χ0n) is 12.7. The van der Waals surface area contributed by atoms with Crippen LogP contribution in [0.2, 0.25) is 0 Å². The molecule has 2 nitrogen and oxygen atoms in total. The molecule has 1 atom stereocenters. The van der Waals surface area contributed by atoms with Crippen LogP contribution in [0, 0.1) is 0 Å². The molecule has 0 aliphatic rings. The van der Waals surface area contributed by atoms with Gasteiger partial charge in [0.25, 0.3) is 0 Å². The summed E-state index contributed by atoms with van der Waals surface area (Å²) < 4.78 is 8.37. The zero-order chi connectivity index (χ0) is 15.2. The number of aryl methyl sites for hydroxylation is 1. The van der Waals surface area contributed by atoms with E-state index < -0.39 is 0 Å². The topological polar surface area (TPSA) is 13.1 Å². The molecule has 0 amide bonds. The number of nitrogens with zero attached hydrogens (tertiary/aromatic N) is 1. The van der Waals surface area contributed by atoms with Crippen LogP contribution in [0.25, 0.3) is 0 Å². The molecule has 3 rings (SSSR count). The summed E-state index contributed by atoms with van der Waals surface area (Å²) in [6, 6.07) is 26.8. The summed E-state index contributed by atoms with van der Waals surface area (Å²) in [5.41, 5.74) is 3.49. The second kappa shape index (κ2) is 7.01. The van der Waals surface area contributed by atoms with Crippen molar-refractivity contribution in [3.8, 4) is 0 Å². The lowest BCUT2D eigenvalue weighted by molar-refractivity contribution is -0.682. The van der Waals surface area contributed by atoms with Gasteiger partial charge in [0.2, 0.25) is 5.69 Å². The highest BCUT2D eigenvalue weighted by atomic mass is 16.5. The third kappa shape index (κ3) is 3.41. The Morgan fingerprint density at radius 2 is 1.45 bits per heavy atom. The van der Waals surface area contributed by atoms with Crippen molar-refractivity contribution in [3.63, 3.8) is 0 Å². The van der Waals surface area contributed by atoms with Crippen LogP contribution in [0.5, 0.6) is 0 Å². The van der Waals surface area contributed by atoms with Crippen molar-refractivity contribution in [1.82, 2.24) is 0 Å². The fraction of sp³-hybridized carbons (Fsp3) is 0.150. The number of hydrogen-bond donors (Lipinski definition) is 0. The van der Waals surface area contributed by atoms with Gasteiger partial charge in [0.15, 0.2) is 12.3 Å². The van der Waals surface area contributed by atoms with Gasteiger partial charge in [-0.2, -0.15) is 0 Å². The third-order valence-electron chi connectivity index (χ3n) is 3.73. The molecule has 0 saturated carbocycles. The van der Waals surface area contributed by atoms with E-state index in [1.54, 1.807) is 0 Å². The van der Waals surface area contributed by atoms with Gasteiger partial charge in [0, 0.05) is 12.1 Å². The second-order valence-corrected chi connectivity index (χ2v) is 5.32. The first-order chi connectivity index (χ1) is 10.8. The first-order valence-electron chi connectivity index (χ1n) is 7.49. The number of pyridine rings is 1. The standard InChI is InChI=1S/C20H20NO/c1-21-15-9-8-14-19(21)20(18-12-6-3-7-13-18)22-16-17-10-4-2-5-11-17/h2-15,20H,16H2,1H3/q+1. The molecular formula is C20H20NO+. The summed E-state index contributed by atoms with van der Waals surface area (Å²) in [5, 5.41) is 0. The van der Waals surface area contributed by atoms with Crippen LogP contribution in [-0.2, 0) is 18.4 Å². The van der Waals surface area contributed by atoms with Crippen molar-refractivity contribution in [1.29, 1.82) is 0 Å². The number of aromatic nitrogens is 1. The molecule has 1 heterocycles. The first-order valence-corrected chi connectivity index (χ1v) is 7.49. The van der Waals surface area contributed by atoms with Crippen LogP contribution < -0.4 is 4.57 Å². The van der Waals surface area contributed by atoms with Crippen LogP contribution in [0.1, 0.15) is 22.9 Å². The zero-order valence-corrected chi connectivity index (χ0v) is 12.7. The molecule has 2 aromatic carbocycles. The lowest BCUT2D eigenvalue weighted by atomic mass is 10.1. The minimum atomic E-state index is -0.0763. The molecule has 3 aromatic rings. The summed E-state index contributed by atoms with van der Waals surface area (Å²) in [5.74, 6) is 0. The van der Waals surface area contributed by atoms with Gasteiger partial charge < -0.3 is 4.74 Å². The smallest absolute Gasteiger partial charge is 0.214 e. The highest BCUT2D eigenvalue weighted by Gasteiger charge is 2.22. The van der Waals surface area contributed by atoms with Gasteiger partial charge in [-0.3, -0.25) is 0 Å². The van der Waals surface area contributed by atoms with Crippen molar-refractivity contribution in [3.05, 3.63) is 102 Å². The Labute approximate surface area is 131 Å².